The van der Waals surface area contributed by atoms with Gasteiger partial charge in [0.2, 0.25) is 0 Å². The molecule has 0 unspecified atom stereocenters. The third-order valence-corrected chi connectivity index (χ3v) is 4.46. The second-order valence-corrected chi connectivity index (χ2v) is 9.43. The maximum absolute atomic E-state index is 5.95. The summed E-state index contributed by atoms with van der Waals surface area (Å²) < 4.78 is 11.7. The first-order valence-electron chi connectivity index (χ1n) is 10.6. The van der Waals surface area contributed by atoms with Crippen LogP contribution in [-0.4, -0.2) is 30.1 Å². The van der Waals surface area contributed by atoms with E-state index < -0.39 is 0 Å². The third kappa shape index (κ3) is 5.96. The van der Waals surface area contributed by atoms with Crippen molar-refractivity contribution in [1.29, 1.82) is 0 Å². The first kappa shape index (κ1) is 22.1. The summed E-state index contributed by atoms with van der Waals surface area (Å²) in [6, 6.07) is 14.5. The summed E-state index contributed by atoms with van der Waals surface area (Å²) >= 11 is 0. The van der Waals surface area contributed by atoms with Crippen LogP contribution in [0.2, 0.25) is 0 Å². The van der Waals surface area contributed by atoms with E-state index in [1.165, 1.54) is 5.56 Å². The van der Waals surface area contributed by atoms with Gasteiger partial charge in [0.1, 0.15) is 23.7 Å². The standard InChI is InChI=1S/C26H33NO3/c1-25(2,3)29-17-11-7-10-16-28-19-14-15-21-20-12-8-9-13-22(20)24(23(21)18-19)27-30-26(4,5)6/h7-10,12-15,18H,11,16-17H2,1-6H3/b10-7-,27-24+. The van der Waals surface area contributed by atoms with Crippen molar-refractivity contribution < 1.29 is 14.3 Å². The predicted molar refractivity (Wildman–Crippen MR) is 123 cm³/mol. The van der Waals surface area contributed by atoms with Gasteiger partial charge in [-0.3, -0.25) is 0 Å². The molecule has 0 amide bonds. The van der Waals surface area contributed by atoms with Crippen molar-refractivity contribution >= 4 is 5.71 Å². The molecule has 0 aliphatic heterocycles. The molecule has 0 bridgehead atoms. The molecule has 0 aromatic heterocycles. The molecule has 4 nitrogen and oxygen atoms in total. The van der Waals surface area contributed by atoms with E-state index in [0.29, 0.717) is 13.2 Å². The molecule has 2 aromatic carbocycles. The Morgan fingerprint density at radius 2 is 1.50 bits per heavy atom. The van der Waals surface area contributed by atoms with Gasteiger partial charge in [0.15, 0.2) is 0 Å². The van der Waals surface area contributed by atoms with Crippen LogP contribution in [0.1, 0.15) is 59.1 Å². The summed E-state index contributed by atoms with van der Waals surface area (Å²) in [6.07, 6.45) is 5.01. The average molecular weight is 408 g/mol. The van der Waals surface area contributed by atoms with E-state index >= 15 is 0 Å². The zero-order chi connectivity index (χ0) is 21.8. The summed E-state index contributed by atoms with van der Waals surface area (Å²) in [7, 11) is 0. The second kappa shape index (κ2) is 9.05. The summed E-state index contributed by atoms with van der Waals surface area (Å²) in [4.78, 5) is 5.75. The van der Waals surface area contributed by atoms with Crippen molar-refractivity contribution in [1.82, 2.24) is 0 Å². The Balaban J connectivity index is 1.69. The van der Waals surface area contributed by atoms with Gasteiger partial charge in [0, 0.05) is 11.1 Å². The lowest BCUT2D eigenvalue weighted by Crippen LogP contribution is -2.19. The van der Waals surface area contributed by atoms with E-state index in [1.54, 1.807) is 0 Å². The van der Waals surface area contributed by atoms with Gasteiger partial charge >= 0.3 is 0 Å². The van der Waals surface area contributed by atoms with E-state index in [1.807, 2.05) is 39.0 Å². The highest BCUT2D eigenvalue weighted by atomic mass is 16.6. The van der Waals surface area contributed by atoms with Crippen molar-refractivity contribution in [3.63, 3.8) is 0 Å². The molecule has 1 aliphatic rings. The normalized spacial score (nSPS) is 14.8. The molecule has 0 spiro atoms. The van der Waals surface area contributed by atoms with Gasteiger partial charge < -0.3 is 14.3 Å². The third-order valence-electron chi connectivity index (χ3n) is 4.46. The molecular formula is C26H33NO3. The Morgan fingerprint density at radius 1 is 0.800 bits per heavy atom. The van der Waals surface area contributed by atoms with E-state index in [4.69, 9.17) is 14.3 Å². The van der Waals surface area contributed by atoms with Gasteiger partial charge in [-0.15, -0.1) is 0 Å². The molecule has 160 valence electrons. The lowest BCUT2D eigenvalue weighted by atomic mass is 10.1. The van der Waals surface area contributed by atoms with Crippen LogP contribution in [0.4, 0.5) is 0 Å². The fourth-order valence-corrected chi connectivity index (χ4v) is 3.16. The number of benzene rings is 2. The van der Waals surface area contributed by atoms with E-state index in [0.717, 1.165) is 34.6 Å². The molecule has 0 atom stereocenters. The fourth-order valence-electron chi connectivity index (χ4n) is 3.16. The zero-order valence-electron chi connectivity index (χ0n) is 19.0. The molecule has 0 saturated heterocycles. The maximum Gasteiger partial charge on any atom is 0.129 e. The molecule has 2 aromatic rings. The number of rotatable bonds is 7. The Labute approximate surface area is 180 Å². The maximum atomic E-state index is 5.95. The van der Waals surface area contributed by atoms with Crippen LogP contribution in [0.25, 0.3) is 11.1 Å². The lowest BCUT2D eigenvalue weighted by molar-refractivity contribution is -0.000210. The molecule has 0 fully saturated rings. The topological polar surface area (TPSA) is 40.0 Å². The Bertz CT molecular complexity index is 930. The molecule has 0 saturated carbocycles. The van der Waals surface area contributed by atoms with Crippen LogP contribution >= 0.6 is 0 Å². The Kier molecular flexibility index (Phi) is 6.67. The second-order valence-electron chi connectivity index (χ2n) is 9.43. The minimum absolute atomic E-state index is 0.0949. The molecule has 0 N–H and O–H groups in total. The fraction of sp³-hybridized carbons (Fsp3) is 0.423. The van der Waals surface area contributed by atoms with Crippen LogP contribution in [0.5, 0.6) is 5.75 Å². The first-order chi connectivity index (χ1) is 14.1. The van der Waals surface area contributed by atoms with E-state index in [2.05, 4.69) is 62.3 Å². The number of fused-ring (bicyclic) bond motifs is 3. The minimum atomic E-state index is -0.347. The number of nitrogens with zero attached hydrogens (tertiary/aromatic N) is 1. The molecule has 4 heteroatoms. The molecule has 1 aliphatic carbocycles. The largest absolute Gasteiger partial charge is 0.490 e. The van der Waals surface area contributed by atoms with Gasteiger partial charge in [0.05, 0.1) is 12.2 Å². The van der Waals surface area contributed by atoms with Crippen LogP contribution in [0.3, 0.4) is 0 Å². The van der Waals surface area contributed by atoms with Crippen LogP contribution in [0, 0.1) is 0 Å². The predicted octanol–water partition coefficient (Wildman–Crippen LogP) is 6.37. The number of hydrogen-bond donors (Lipinski definition) is 0. The lowest BCUT2D eigenvalue weighted by Gasteiger charge is -2.18. The summed E-state index contributed by atoms with van der Waals surface area (Å²) in [5, 5.41) is 4.50. The van der Waals surface area contributed by atoms with Gasteiger partial charge in [-0.1, -0.05) is 41.6 Å². The quantitative estimate of drug-likeness (QED) is 0.259. The number of hydrogen-bond acceptors (Lipinski definition) is 4. The smallest absolute Gasteiger partial charge is 0.129 e. The summed E-state index contributed by atoms with van der Waals surface area (Å²) in [5.74, 6) is 0.820. The van der Waals surface area contributed by atoms with Crippen molar-refractivity contribution in [2.45, 2.75) is 59.2 Å². The number of ether oxygens (including phenoxy) is 2. The van der Waals surface area contributed by atoms with Gasteiger partial charge in [-0.05, 0) is 77.3 Å². The molecule has 0 heterocycles. The van der Waals surface area contributed by atoms with Crippen LogP contribution in [0.15, 0.2) is 59.8 Å². The highest BCUT2D eigenvalue weighted by molar-refractivity contribution is 6.24. The van der Waals surface area contributed by atoms with Crippen LogP contribution < -0.4 is 4.74 Å². The van der Waals surface area contributed by atoms with E-state index in [-0.39, 0.29) is 11.2 Å². The average Bonchev–Trinajstić information content (AvgIpc) is 2.97. The van der Waals surface area contributed by atoms with Crippen LogP contribution in [-0.2, 0) is 9.57 Å². The van der Waals surface area contributed by atoms with E-state index in [9.17, 15) is 0 Å². The monoisotopic (exact) mass is 407 g/mol. The highest BCUT2D eigenvalue weighted by Crippen LogP contribution is 2.39. The highest BCUT2D eigenvalue weighted by Gasteiger charge is 2.26. The minimum Gasteiger partial charge on any atom is -0.490 e. The first-order valence-corrected chi connectivity index (χ1v) is 10.6. The molecule has 3 rings (SSSR count). The van der Waals surface area contributed by atoms with Gasteiger partial charge in [-0.25, -0.2) is 0 Å². The van der Waals surface area contributed by atoms with Gasteiger partial charge in [-0.2, -0.15) is 0 Å². The van der Waals surface area contributed by atoms with Crippen molar-refractivity contribution in [3.8, 4) is 16.9 Å². The SMILES string of the molecule is CC(C)(C)OCC/C=C\COc1ccc2c(c1)/C(=N/OC(C)(C)C)c1ccccc1-2. The van der Waals surface area contributed by atoms with Crippen molar-refractivity contribution in [2.24, 2.45) is 5.16 Å². The molecular weight excluding hydrogens is 374 g/mol. The Hall–Kier alpha value is -2.59. The van der Waals surface area contributed by atoms with Crippen molar-refractivity contribution in [2.75, 3.05) is 13.2 Å². The van der Waals surface area contributed by atoms with Gasteiger partial charge in [0.25, 0.3) is 0 Å². The summed E-state index contributed by atoms with van der Waals surface area (Å²) in [6.45, 7) is 13.4. The summed E-state index contributed by atoms with van der Waals surface area (Å²) in [5.41, 5.74) is 4.88. The van der Waals surface area contributed by atoms with Crippen molar-refractivity contribution in [3.05, 3.63) is 65.7 Å². The molecule has 30 heavy (non-hydrogen) atoms. The number of oxime groups is 1. The molecule has 0 radical (unpaired) electrons. The zero-order valence-corrected chi connectivity index (χ0v) is 19.0. The Morgan fingerprint density at radius 3 is 2.20 bits per heavy atom.